The zero-order valence-corrected chi connectivity index (χ0v) is 12.7. The Hall–Kier alpha value is -0.0600. The van der Waals surface area contributed by atoms with Crippen molar-refractivity contribution in [1.29, 1.82) is 0 Å². The van der Waals surface area contributed by atoms with Gasteiger partial charge in [-0.05, 0) is 37.1 Å². The van der Waals surface area contributed by atoms with Gasteiger partial charge >= 0.3 is 0 Å². The molecule has 94 valence electrons. The molecule has 0 radical (unpaired) electrons. The number of hydrogen-bond donors (Lipinski definition) is 0. The molecule has 0 unspecified atom stereocenters. The Morgan fingerprint density at radius 1 is 1.59 bits per heavy atom. The summed E-state index contributed by atoms with van der Waals surface area (Å²) in [5, 5.41) is 3.39. The van der Waals surface area contributed by atoms with Crippen molar-refractivity contribution in [2.75, 3.05) is 11.9 Å². The lowest BCUT2D eigenvalue weighted by atomic mass is 9.91. The summed E-state index contributed by atoms with van der Waals surface area (Å²) in [7, 11) is 0. The first kappa shape index (κ1) is 13.4. The zero-order valence-electron chi connectivity index (χ0n) is 9.49. The van der Waals surface area contributed by atoms with Crippen molar-refractivity contribution in [2.45, 2.75) is 31.7 Å². The molecule has 17 heavy (non-hydrogen) atoms. The van der Waals surface area contributed by atoms with E-state index in [1.54, 1.807) is 6.07 Å². The van der Waals surface area contributed by atoms with Crippen molar-refractivity contribution in [3.05, 3.63) is 21.3 Å². The van der Waals surface area contributed by atoms with Crippen LogP contribution in [0.1, 0.15) is 35.4 Å². The Balaban J connectivity index is 2.09. The second kappa shape index (κ2) is 6.21. The molecule has 1 fully saturated rings. The topological polar surface area (TPSA) is 20.3 Å². The van der Waals surface area contributed by atoms with Gasteiger partial charge in [0.05, 0.1) is 5.02 Å². The molecule has 0 aliphatic heterocycles. The third-order valence-corrected chi connectivity index (χ3v) is 5.01. The molecule has 0 saturated heterocycles. The van der Waals surface area contributed by atoms with Crippen LogP contribution in [0.2, 0.25) is 5.02 Å². The highest BCUT2D eigenvalue weighted by atomic mass is 79.9. The fourth-order valence-electron chi connectivity index (χ4n) is 1.96. The molecule has 0 atom stereocenters. The van der Waals surface area contributed by atoms with Gasteiger partial charge in [0, 0.05) is 17.9 Å². The van der Waals surface area contributed by atoms with Gasteiger partial charge in [-0.25, -0.2) is 0 Å². The van der Waals surface area contributed by atoms with E-state index < -0.39 is 0 Å². The molecule has 1 aliphatic carbocycles. The summed E-state index contributed by atoms with van der Waals surface area (Å²) in [6.45, 7) is 0.822. The smallest absolute Gasteiger partial charge is 0.265 e. The average molecular weight is 337 g/mol. The second-order valence-electron chi connectivity index (χ2n) is 4.22. The molecule has 2 rings (SSSR count). The molecule has 1 heterocycles. The largest absolute Gasteiger partial charge is 0.335 e. The van der Waals surface area contributed by atoms with Gasteiger partial charge in [-0.2, -0.15) is 0 Å². The quantitative estimate of drug-likeness (QED) is 0.739. The number of carbonyl (C=O) groups excluding carboxylic acids is 1. The summed E-state index contributed by atoms with van der Waals surface area (Å²) < 4.78 is 0. The second-order valence-corrected chi connectivity index (χ2v) is 6.34. The van der Waals surface area contributed by atoms with Crippen LogP contribution in [0, 0.1) is 0 Å². The molecule has 1 aromatic rings. The van der Waals surface area contributed by atoms with E-state index in [2.05, 4.69) is 15.9 Å². The highest BCUT2D eigenvalue weighted by molar-refractivity contribution is 9.09. The number of amides is 1. The minimum atomic E-state index is 0.107. The predicted molar refractivity (Wildman–Crippen MR) is 76.4 cm³/mol. The van der Waals surface area contributed by atoms with Gasteiger partial charge in [0.1, 0.15) is 4.88 Å². The molecule has 0 aromatic carbocycles. The summed E-state index contributed by atoms with van der Waals surface area (Å²) in [5.74, 6) is 0.107. The van der Waals surface area contributed by atoms with Gasteiger partial charge in [-0.3, -0.25) is 4.79 Å². The van der Waals surface area contributed by atoms with Crippen LogP contribution >= 0.6 is 38.9 Å². The first-order valence-corrected chi connectivity index (χ1v) is 8.22. The summed E-state index contributed by atoms with van der Waals surface area (Å²) in [6, 6.07) is 2.22. The van der Waals surface area contributed by atoms with E-state index in [1.165, 1.54) is 17.8 Å². The molecule has 0 N–H and O–H groups in total. The molecule has 1 aromatic heterocycles. The van der Waals surface area contributed by atoms with E-state index in [0.717, 1.165) is 31.1 Å². The summed E-state index contributed by atoms with van der Waals surface area (Å²) in [4.78, 5) is 15.1. The minimum absolute atomic E-state index is 0.107. The van der Waals surface area contributed by atoms with Crippen molar-refractivity contribution >= 4 is 44.8 Å². The fraction of sp³-hybridized carbons (Fsp3) is 0.583. The number of halogens is 2. The summed E-state index contributed by atoms with van der Waals surface area (Å²) in [6.07, 6.45) is 4.50. The minimum Gasteiger partial charge on any atom is -0.335 e. The first-order valence-electron chi connectivity index (χ1n) is 5.84. The predicted octanol–water partition coefficient (Wildman–Crippen LogP) is 4.18. The molecular weight excluding hydrogens is 322 g/mol. The molecule has 0 bridgehead atoms. The molecule has 0 spiro atoms. The van der Waals surface area contributed by atoms with Crippen LogP contribution in [0.4, 0.5) is 0 Å². The lowest BCUT2D eigenvalue weighted by molar-refractivity contribution is 0.0586. The monoisotopic (exact) mass is 335 g/mol. The van der Waals surface area contributed by atoms with Crippen LogP contribution in [0.25, 0.3) is 0 Å². The van der Waals surface area contributed by atoms with Gasteiger partial charge in [0.25, 0.3) is 5.91 Å². The SMILES string of the molecule is O=C(c1sccc1Cl)N(CCCBr)C1CCC1. The Bertz CT molecular complexity index is 392. The van der Waals surface area contributed by atoms with Crippen molar-refractivity contribution in [3.8, 4) is 0 Å². The van der Waals surface area contributed by atoms with E-state index >= 15 is 0 Å². The van der Waals surface area contributed by atoms with E-state index in [-0.39, 0.29) is 5.91 Å². The molecule has 1 saturated carbocycles. The fourth-order valence-corrected chi connectivity index (χ4v) is 3.30. The Morgan fingerprint density at radius 3 is 2.82 bits per heavy atom. The van der Waals surface area contributed by atoms with Gasteiger partial charge in [-0.15, -0.1) is 11.3 Å². The van der Waals surface area contributed by atoms with E-state index in [0.29, 0.717) is 15.9 Å². The molecule has 2 nitrogen and oxygen atoms in total. The first-order chi connectivity index (χ1) is 8.24. The Morgan fingerprint density at radius 2 is 2.35 bits per heavy atom. The summed E-state index contributed by atoms with van der Waals surface area (Å²) >= 11 is 10.9. The van der Waals surface area contributed by atoms with Crippen LogP contribution in [0.5, 0.6) is 0 Å². The maximum absolute atomic E-state index is 12.4. The molecule has 5 heteroatoms. The van der Waals surface area contributed by atoms with Crippen molar-refractivity contribution < 1.29 is 4.79 Å². The summed E-state index contributed by atoms with van der Waals surface area (Å²) in [5.41, 5.74) is 0. The number of nitrogens with zero attached hydrogens (tertiary/aromatic N) is 1. The van der Waals surface area contributed by atoms with Crippen molar-refractivity contribution in [3.63, 3.8) is 0 Å². The Kier molecular flexibility index (Phi) is 4.88. The van der Waals surface area contributed by atoms with Gasteiger partial charge in [-0.1, -0.05) is 27.5 Å². The van der Waals surface area contributed by atoms with Crippen molar-refractivity contribution in [2.24, 2.45) is 0 Å². The van der Waals surface area contributed by atoms with E-state index in [4.69, 9.17) is 11.6 Å². The van der Waals surface area contributed by atoms with Gasteiger partial charge in [0.15, 0.2) is 0 Å². The lowest BCUT2D eigenvalue weighted by Crippen LogP contribution is -2.44. The van der Waals surface area contributed by atoms with Crippen LogP contribution < -0.4 is 0 Å². The molecular formula is C12H15BrClNOS. The highest BCUT2D eigenvalue weighted by Crippen LogP contribution is 2.30. The van der Waals surface area contributed by atoms with E-state index in [1.807, 2.05) is 10.3 Å². The van der Waals surface area contributed by atoms with Crippen LogP contribution in [-0.4, -0.2) is 28.7 Å². The van der Waals surface area contributed by atoms with Crippen molar-refractivity contribution in [1.82, 2.24) is 4.90 Å². The van der Waals surface area contributed by atoms with Crippen LogP contribution in [0.15, 0.2) is 11.4 Å². The average Bonchev–Trinajstić information content (AvgIpc) is 2.67. The van der Waals surface area contributed by atoms with E-state index in [9.17, 15) is 4.79 Å². The highest BCUT2D eigenvalue weighted by Gasteiger charge is 2.30. The number of carbonyl (C=O) groups is 1. The number of alkyl halides is 1. The number of rotatable bonds is 5. The standard InChI is InChI=1S/C12H15BrClNOS/c13-6-2-7-15(9-3-1-4-9)12(16)11-10(14)5-8-17-11/h5,8-9H,1-4,6-7H2. The van der Waals surface area contributed by atoms with Gasteiger partial charge < -0.3 is 4.90 Å². The number of hydrogen-bond acceptors (Lipinski definition) is 2. The third kappa shape index (κ3) is 3.04. The molecule has 1 aliphatic rings. The number of thiophene rings is 1. The Labute approximate surface area is 119 Å². The van der Waals surface area contributed by atoms with Crippen LogP contribution in [-0.2, 0) is 0 Å². The van der Waals surface area contributed by atoms with Crippen LogP contribution in [0.3, 0.4) is 0 Å². The normalized spacial score (nSPS) is 15.6. The zero-order chi connectivity index (χ0) is 12.3. The lowest BCUT2D eigenvalue weighted by Gasteiger charge is -2.37. The van der Waals surface area contributed by atoms with Gasteiger partial charge in [0.2, 0.25) is 0 Å². The maximum atomic E-state index is 12.4. The third-order valence-electron chi connectivity index (χ3n) is 3.12. The molecule has 1 amide bonds. The maximum Gasteiger partial charge on any atom is 0.265 e.